The number of hydrogen-bond acceptors (Lipinski definition) is 4. The molecule has 0 aliphatic rings. The minimum absolute atomic E-state index is 0.473. The molecule has 0 saturated heterocycles. The van der Waals surface area contributed by atoms with Gasteiger partial charge in [0.15, 0.2) is 0 Å². The molecule has 1 aromatic heterocycles. The van der Waals surface area contributed by atoms with Gasteiger partial charge in [-0.1, -0.05) is 6.92 Å². The Bertz CT molecular complexity index is 236. The molecule has 0 aliphatic carbocycles. The van der Waals surface area contributed by atoms with Gasteiger partial charge < -0.3 is 5.73 Å². The Morgan fingerprint density at radius 3 is 3.15 bits per heavy atom. The first-order valence-corrected chi connectivity index (χ1v) is 5.68. The lowest BCUT2D eigenvalue weighted by atomic mass is 10.5. The van der Waals surface area contributed by atoms with Crippen LogP contribution in [0.15, 0.2) is 6.33 Å². The molecule has 13 heavy (non-hydrogen) atoms. The Morgan fingerprint density at radius 1 is 1.62 bits per heavy atom. The van der Waals surface area contributed by atoms with Crippen LogP contribution in [0.5, 0.6) is 0 Å². The highest BCUT2D eigenvalue weighted by Crippen LogP contribution is 2.03. The Kier molecular flexibility index (Phi) is 4.85. The highest BCUT2D eigenvalue weighted by Gasteiger charge is 2.00. The molecule has 0 amide bonds. The zero-order chi connectivity index (χ0) is 9.52. The van der Waals surface area contributed by atoms with Gasteiger partial charge in [0.2, 0.25) is 0 Å². The molecular formula is C8H16N4S. The van der Waals surface area contributed by atoms with Crippen LogP contribution in [0.2, 0.25) is 0 Å². The maximum atomic E-state index is 5.50. The van der Waals surface area contributed by atoms with Crippen molar-refractivity contribution in [3.63, 3.8) is 0 Å². The summed E-state index contributed by atoms with van der Waals surface area (Å²) in [5, 5.41) is 4.10. The smallest absolute Gasteiger partial charge is 0.140 e. The van der Waals surface area contributed by atoms with Gasteiger partial charge in [-0.15, -0.1) is 0 Å². The predicted octanol–water partition coefficient (Wildman–Crippen LogP) is 0.880. The van der Waals surface area contributed by atoms with Gasteiger partial charge in [0.05, 0.1) is 6.54 Å². The molecule has 0 saturated carbocycles. The second kappa shape index (κ2) is 5.99. The van der Waals surface area contributed by atoms with Crippen molar-refractivity contribution < 1.29 is 0 Å². The van der Waals surface area contributed by atoms with Crippen molar-refractivity contribution in [1.29, 1.82) is 0 Å². The average molecular weight is 200 g/mol. The molecule has 0 unspecified atom stereocenters. The summed E-state index contributed by atoms with van der Waals surface area (Å²) < 4.78 is 1.89. The van der Waals surface area contributed by atoms with Crippen molar-refractivity contribution in [2.45, 2.75) is 26.4 Å². The molecule has 1 aromatic rings. The molecule has 0 spiro atoms. The van der Waals surface area contributed by atoms with E-state index in [0.717, 1.165) is 18.8 Å². The van der Waals surface area contributed by atoms with Gasteiger partial charge in [0.25, 0.3) is 0 Å². The van der Waals surface area contributed by atoms with Gasteiger partial charge in [-0.05, 0) is 17.9 Å². The topological polar surface area (TPSA) is 56.7 Å². The van der Waals surface area contributed by atoms with Crippen molar-refractivity contribution >= 4 is 11.8 Å². The van der Waals surface area contributed by atoms with Crippen LogP contribution in [0, 0.1) is 0 Å². The zero-order valence-electron chi connectivity index (χ0n) is 7.94. The van der Waals surface area contributed by atoms with Gasteiger partial charge in [0.1, 0.15) is 12.2 Å². The van der Waals surface area contributed by atoms with Crippen molar-refractivity contribution in [3.05, 3.63) is 12.2 Å². The number of hydrogen-bond donors (Lipinski definition) is 1. The Morgan fingerprint density at radius 2 is 2.46 bits per heavy atom. The molecule has 0 aliphatic heterocycles. The first kappa shape index (κ1) is 10.5. The van der Waals surface area contributed by atoms with E-state index in [1.807, 2.05) is 16.4 Å². The third kappa shape index (κ3) is 3.36. The predicted molar refractivity (Wildman–Crippen MR) is 55.5 cm³/mol. The van der Waals surface area contributed by atoms with E-state index >= 15 is 0 Å². The van der Waals surface area contributed by atoms with Crippen molar-refractivity contribution in [3.8, 4) is 0 Å². The van der Waals surface area contributed by atoms with E-state index in [9.17, 15) is 0 Å². The van der Waals surface area contributed by atoms with E-state index in [0.29, 0.717) is 6.54 Å². The lowest BCUT2D eigenvalue weighted by Crippen LogP contribution is -2.10. The number of aromatic nitrogens is 3. The number of thioether (sulfide) groups is 1. The normalized spacial score (nSPS) is 10.6. The summed E-state index contributed by atoms with van der Waals surface area (Å²) in [5.74, 6) is 3.24. The van der Waals surface area contributed by atoms with Crippen LogP contribution in [-0.4, -0.2) is 26.3 Å². The molecule has 4 nitrogen and oxygen atoms in total. The van der Waals surface area contributed by atoms with Crippen molar-refractivity contribution in [1.82, 2.24) is 14.8 Å². The van der Waals surface area contributed by atoms with E-state index in [1.54, 1.807) is 6.33 Å². The van der Waals surface area contributed by atoms with Gasteiger partial charge in [-0.3, -0.25) is 0 Å². The van der Waals surface area contributed by atoms with Crippen LogP contribution in [0.25, 0.3) is 0 Å². The molecule has 1 heterocycles. The summed E-state index contributed by atoms with van der Waals surface area (Å²) in [5.41, 5.74) is 5.50. The second-order valence-corrected chi connectivity index (χ2v) is 4.05. The van der Waals surface area contributed by atoms with Gasteiger partial charge >= 0.3 is 0 Å². The molecule has 0 bridgehead atoms. The Hall–Kier alpha value is -0.550. The minimum Gasteiger partial charge on any atom is -0.324 e. The summed E-state index contributed by atoms with van der Waals surface area (Å²) >= 11 is 1.95. The number of nitrogens with two attached hydrogens (primary N) is 1. The fourth-order valence-corrected chi connectivity index (χ4v) is 1.72. The molecule has 2 N–H and O–H groups in total. The van der Waals surface area contributed by atoms with Crippen LogP contribution in [0.1, 0.15) is 19.2 Å². The fourth-order valence-electron chi connectivity index (χ4n) is 1.09. The Balaban J connectivity index is 2.27. The molecule has 0 aromatic carbocycles. The second-order valence-electron chi connectivity index (χ2n) is 2.65. The minimum atomic E-state index is 0.473. The van der Waals surface area contributed by atoms with E-state index in [2.05, 4.69) is 17.0 Å². The molecule has 0 radical (unpaired) electrons. The van der Waals surface area contributed by atoms with Gasteiger partial charge in [-0.25, -0.2) is 9.67 Å². The average Bonchev–Trinajstić information content (AvgIpc) is 2.60. The molecule has 1 rings (SSSR count). The van der Waals surface area contributed by atoms with Crippen LogP contribution in [0.3, 0.4) is 0 Å². The van der Waals surface area contributed by atoms with Crippen LogP contribution >= 0.6 is 11.8 Å². The number of rotatable bonds is 6. The quantitative estimate of drug-likeness (QED) is 0.693. The monoisotopic (exact) mass is 200 g/mol. The van der Waals surface area contributed by atoms with E-state index in [4.69, 9.17) is 5.73 Å². The molecule has 0 atom stereocenters. The van der Waals surface area contributed by atoms with Crippen LogP contribution < -0.4 is 5.73 Å². The first-order chi connectivity index (χ1) is 6.38. The molecule has 0 fully saturated rings. The first-order valence-electron chi connectivity index (χ1n) is 4.53. The zero-order valence-corrected chi connectivity index (χ0v) is 8.76. The summed E-state index contributed by atoms with van der Waals surface area (Å²) in [4.78, 5) is 4.05. The summed E-state index contributed by atoms with van der Waals surface area (Å²) in [6.45, 7) is 3.58. The van der Waals surface area contributed by atoms with Gasteiger partial charge in [0, 0.05) is 6.54 Å². The third-order valence-corrected chi connectivity index (χ3v) is 2.73. The maximum Gasteiger partial charge on any atom is 0.140 e. The van der Waals surface area contributed by atoms with E-state index in [1.165, 1.54) is 11.5 Å². The third-order valence-electron chi connectivity index (χ3n) is 1.74. The van der Waals surface area contributed by atoms with E-state index in [-0.39, 0.29) is 0 Å². The molecular weight excluding hydrogens is 184 g/mol. The molecule has 74 valence electrons. The maximum absolute atomic E-state index is 5.50. The number of nitrogens with zero attached hydrogens (tertiary/aromatic N) is 3. The summed E-state index contributed by atoms with van der Waals surface area (Å²) in [7, 11) is 0. The fraction of sp³-hybridized carbons (Fsp3) is 0.750. The summed E-state index contributed by atoms with van der Waals surface area (Å²) in [6.07, 6.45) is 2.70. The van der Waals surface area contributed by atoms with Gasteiger partial charge in [-0.2, -0.15) is 16.9 Å². The largest absolute Gasteiger partial charge is 0.324 e. The number of aryl methyl sites for hydroxylation is 1. The summed E-state index contributed by atoms with van der Waals surface area (Å²) in [6, 6.07) is 0. The highest BCUT2D eigenvalue weighted by atomic mass is 32.2. The van der Waals surface area contributed by atoms with Crippen LogP contribution in [-0.2, 0) is 13.1 Å². The SMILES string of the molecule is CCSCCCn1ncnc1CN. The lowest BCUT2D eigenvalue weighted by molar-refractivity contribution is 0.573. The lowest BCUT2D eigenvalue weighted by Gasteiger charge is -2.03. The molecule has 5 heteroatoms. The van der Waals surface area contributed by atoms with E-state index < -0.39 is 0 Å². The van der Waals surface area contributed by atoms with Crippen LogP contribution in [0.4, 0.5) is 0 Å². The van der Waals surface area contributed by atoms with Crippen molar-refractivity contribution in [2.75, 3.05) is 11.5 Å². The standard InChI is InChI=1S/C8H16N4S/c1-2-13-5-3-4-12-8(6-9)10-7-11-12/h7H,2-6,9H2,1H3. The Labute approximate surface area is 82.9 Å². The highest BCUT2D eigenvalue weighted by molar-refractivity contribution is 7.99. The van der Waals surface area contributed by atoms with Crippen molar-refractivity contribution in [2.24, 2.45) is 5.73 Å².